The number of hydrogen-bond acceptors (Lipinski definition) is 6. The second kappa shape index (κ2) is 18.5. The van der Waals surface area contributed by atoms with Gasteiger partial charge in [-0.15, -0.1) is 12.4 Å². The normalized spacial score (nSPS) is 50.3. The van der Waals surface area contributed by atoms with Gasteiger partial charge in [0.15, 0.2) is 0 Å². The van der Waals surface area contributed by atoms with Crippen LogP contribution in [0.25, 0.3) is 0 Å². The first-order chi connectivity index (χ1) is 23.7. The average molecular weight is 820 g/mol. The molecule has 8 atom stereocenters. The molecule has 57 heavy (non-hydrogen) atoms. The van der Waals surface area contributed by atoms with Gasteiger partial charge < -0.3 is 15.9 Å². The Kier molecular flexibility index (Phi) is 17.0. The number of rotatable bonds is 1. The van der Waals surface area contributed by atoms with E-state index in [0.717, 1.165) is 105 Å². The highest BCUT2D eigenvalue weighted by atomic mass is 35.5. The second-order valence-electron chi connectivity index (χ2n) is 22.1. The van der Waals surface area contributed by atoms with E-state index in [-0.39, 0.29) is 74.4 Å². The van der Waals surface area contributed by atoms with Crippen LogP contribution in [0.5, 0.6) is 0 Å². The van der Waals surface area contributed by atoms with Gasteiger partial charge in [0.1, 0.15) is 11.6 Å². The largest absolute Gasteiger partial charge is 0.390 e. The van der Waals surface area contributed by atoms with E-state index in [4.69, 9.17) is 11.0 Å². The Bertz CT molecular complexity index is 1300. The fourth-order valence-electron chi connectivity index (χ4n) is 17.0. The van der Waals surface area contributed by atoms with Gasteiger partial charge in [0.2, 0.25) is 0 Å². The van der Waals surface area contributed by atoms with E-state index >= 15 is 0 Å². The van der Waals surface area contributed by atoms with Crippen molar-refractivity contribution in [1.29, 1.82) is 5.26 Å². The molecule has 16 aliphatic carbocycles. The van der Waals surface area contributed by atoms with Gasteiger partial charge in [0.05, 0.1) is 23.2 Å². The van der Waals surface area contributed by atoms with Crippen LogP contribution in [-0.4, -0.2) is 39.5 Å². The van der Waals surface area contributed by atoms with Gasteiger partial charge in [-0.3, -0.25) is 9.59 Å². The van der Waals surface area contributed by atoms with Crippen LogP contribution >= 0.6 is 12.4 Å². The van der Waals surface area contributed by atoms with Crippen molar-refractivity contribution >= 4 is 24.0 Å². The smallest absolute Gasteiger partial charge is 0.139 e. The molecule has 16 saturated carbocycles. The Balaban J connectivity index is 0.000000252. The van der Waals surface area contributed by atoms with Crippen LogP contribution in [0.3, 0.4) is 0 Å². The lowest BCUT2D eigenvalue weighted by molar-refractivity contribution is -0.161. The fourth-order valence-corrected chi connectivity index (χ4v) is 17.0. The minimum atomic E-state index is -0.440. The lowest BCUT2D eigenvalue weighted by Crippen LogP contribution is -2.56. The molecule has 0 aromatic rings. The summed E-state index contributed by atoms with van der Waals surface area (Å²) in [6, 6.07) is 2.56. The average Bonchev–Trinajstić information content (AvgIpc) is 3.00. The first-order valence-corrected chi connectivity index (χ1v) is 21.3. The van der Waals surface area contributed by atoms with Crippen molar-refractivity contribution < 1.29 is 19.8 Å². The molecule has 0 aromatic heterocycles. The summed E-state index contributed by atoms with van der Waals surface area (Å²) >= 11 is 0. The molecule has 8 unspecified atom stereocenters. The zero-order chi connectivity index (χ0) is 34.8. The SMILES string of the molecule is C.C.C.C.C.C.CC12CC3CC(C1)C(=O)C(C3)C2.CC12CC3CC(C1)C(C#N)C(C3)C2.Cl.NCC1C2CC3CC1CC(O)(C3)C2.O=C1C2CC3CC1CC(O)(C3)C2. The lowest BCUT2D eigenvalue weighted by atomic mass is 9.47. The first-order valence-electron chi connectivity index (χ1n) is 21.3. The highest BCUT2D eigenvalue weighted by Gasteiger charge is 2.56. The molecule has 0 radical (unpaired) electrons. The fraction of sp³-hybridized carbons (Fsp3) is 0.940. The summed E-state index contributed by atoms with van der Waals surface area (Å²) in [6.07, 6.45) is 23.6. The Labute approximate surface area is 357 Å². The second-order valence-corrected chi connectivity index (χ2v) is 22.1. The molecule has 0 amide bonds. The maximum absolute atomic E-state index is 11.7. The predicted octanol–water partition coefficient (Wildman–Crippen LogP) is 11.9. The Hall–Kier alpha value is -1.00. The van der Waals surface area contributed by atoms with E-state index < -0.39 is 5.60 Å². The summed E-state index contributed by atoms with van der Waals surface area (Å²) in [5, 5.41) is 29.5. The highest BCUT2D eigenvalue weighted by molar-refractivity contribution is 5.86. The van der Waals surface area contributed by atoms with E-state index in [9.17, 15) is 19.8 Å². The highest BCUT2D eigenvalue weighted by Crippen LogP contribution is 2.62. The summed E-state index contributed by atoms with van der Waals surface area (Å²) in [7, 11) is 0. The minimum absolute atomic E-state index is 0. The van der Waals surface area contributed by atoms with Gasteiger partial charge in [-0.25, -0.2) is 0 Å². The molecule has 0 saturated heterocycles. The number of Topliss-reactive ketones (excluding diaryl/α,β-unsaturated/α-hetero) is 2. The first kappa shape index (κ1) is 52.1. The van der Waals surface area contributed by atoms with Gasteiger partial charge in [0.25, 0.3) is 0 Å². The molecule has 0 aliphatic heterocycles. The van der Waals surface area contributed by atoms with E-state index in [1.807, 2.05) is 0 Å². The van der Waals surface area contributed by atoms with Gasteiger partial charge >= 0.3 is 0 Å². The number of nitrogens with two attached hydrogens (primary N) is 1. The van der Waals surface area contributed by atoms with Crippen LogP contribution in [0.2, 0.25) is 0 Å². The molecule has 332 valence electrons. The number of nitrogens with zero attached hydrogens (tertiary/aromatic N) is 1. The molecule has 0 heterocycles. The van der Waals surface area contributed by atoms with Crippen LogP contribution in [0.4, 0.5) is 0 Å². The standard InChI is InChI=1S/C12H17N.C11H19NO.C11H16O.C10H14O2.6CH4.ClH/c1-12-4-8-2-9(5-12)11(7-13)10(3-8)6-12;12-6-10-8-1-7-2-9(10)5-11(13,3-7)4-8;1-11-4-7-2-8(5-11)10(12)9(3-7)6-11;11-9-7-1-6-2-8(9)5-10(12,3-6)4-7;;;;;;;/h8-11H,2-6H2,1H3;7-10,13H,1-6,12H2;7-9H,2-6H2,1H3;6-8,12H,1-5H2;6*1H4;1H. The van der Waals surface area contributed by atoms with Crippen LogP contribution < -0.4 is 5.73 Å². The Morgan fingerprint density at radius 2 is 0.860 bits per heavy atom. The molecule has 7 heteroatoms. The van der Waals surface area contributed by atoms with Crippen molar-refractivity contribution in [2.45, 2.75) is 198 Å². The summed E-state index contributed by atoms with van der Waals surface area (Å²) in [6.45, 7) is 5.69. The van der Waals surface area contributed by atoms with Crippen LogP contribution in [0.15, 0.2) is 0 Å². The number of aliphatic hydroxyl groups is 2. The van der Waals surface area contributed by atoms with Crippen LogP contribution in [0.1, 0.15) is 187 Å². The Morgan fingerprint density at radius 1 is 0.526 bits per heavy atom. The van der Waals surface area contributed by atoms with Crippen molar-refractivity contribution in [3.63, 3.8) is 0 Å². The maximum atomic E-state index is 11.7. The zero-order valence-corrected chi connectivity index (χ0v) is 32.4. The molecule has 16 aliphatic rings. The molecular formula is C50H91ClN2O4. The van der Waals surface area contributed by atoms with Gasteiger partial charge in [-0.05, 0) is 199 Å². The third-order valence-corrected chi connectivity index (χ3v) is 17.7. The van der Waals surface area contributed by atoms with Crippen LogP contribution in [0, 0.1) is 105 Å². The van der Waals surface area contributed by atoms with Crippen molar-refractivity contribution in [3.8, 4) is 6.07 Å². The van der Waals surface area contributed by atoms with Crippen molar-refractivity contribution in [2.75, 3.05) is 6.54 Å². The molecular weight excluding hydrogens is 728 g/mol. The third kappa shape index (κ3) is 9.58. The number of ketones is 2. The van der Waals surface area contributed by atoms with Gasteiger partial charge in [-0.1, -0.05) is 58.4 Å². The summed E-state index contributed by atoms with van der Waals surface area (Å²) in [4.78, 5) is 23.3. The quantitative estimate of drug-likeness (QED) is 0.242. The van der Waals surface area contributed by atoms with Crippen molar-refractivity contribution in [1.82, 2.24) is 0 Å². The molecule has 16 bridgehead atoms. The topological polar surface area (TPSA) is 124 Å². The Morgan fingerprint density at radius 3 is 1.21 bits per heavy atom. The maximum Gasteiger partial charge on any atom is 0.139 e. The number of nitriles is 1. The zero-order valence-electron chi connectivity index (χ0n) is 31.6. The summed E-state index contributed by atoms with van der Waals surface area (Å²) in [5.74, 6) is 10.0. The molecule has 0 spiro atoms. The number of carbonyl (C=O) groups is 2. The molecule has 4 N–H and O–H groups in total. The van der Waals surface area contributed by atoms with Crippen LogP contribution in [-0.2, 0) is 9.59 Å². The molecule has 0 aromatic carbocycles. The minimum Gasteiger partial charge on any atom is -0.390 e. The molecule has 6 nitrogen and oxygen atoms in total. The van der Waals surface area contributed by atoms with E-state index in [0.29, 0.717) is 46.1 Å². The van der Waals surface area contributed by atoms with Gasteiger partial charge in [-0.2, -0.15) is 5.26 Å². The van der Waals surface area contributed by atoms with E-state index in [1.165, 1.54) is 77.0 Å². The van der Waals surface area contributed by atoms with E-state index in [2.05, 4.69) is 19.9 Å². The molecule has 16 fully saturated rings. The number of hydrogen-bond donors (Lipinski definition) is 3. The summed E-state index contributed by atoms with van der Waals surface area (Å²) < 4.78 is 0. The van der Waals surface area contributed by atoms with Crippen molar-refractivity contribution in [3.05, 3.63) is 0 Å². The lowest BCUT2D eigenvalue weighted by Gasteiger charge is -2.58. The van der Waals surface area contributed by atoms with Gasteiger partial charge in [0, 0.05) is 23.7 Å². The summed E-state index contributed by atoms with van der Waals surface area (Å²) in [5.41, 5.74) is 6.29. The monoisotopic (exact) mass is 819 g/mol. The third-order valence-electron chi connectivity index (χ3n) is 17.7. The molecule has 16 rings (SSSR count). The number of halogens is 1. The van der Waals surface area contributed by atoms with Crippen molar-refractivity contribution in [2.24, 2.45) is 99.4 Å². The predicted molar refractivity (Wildman–Crippen MR) is 240 cm³/mol. The van der Waals surface area contributed by atoms with E-state index in [1.54, 1.807) is 0 Å². The number of carbonyl (C=O) groups excluding carboxylic acids is 2.